The summed E-state index contributed by atoms with van der Waals surface area (Å²) in [4.78, 5) is 22.8. The maximum absolute atomic E-state index is 12.9. The molecule has 4 rings (SSSR count). The van der Waals surface area contributed by atoms with E-state index in [4.69, 9.17) is 0 Å². The quantitative estimate of drug-likeness (QED) is 0.258. The van der Waals surface area contributed by atoms with Crippen LogP contribution in [0.5, 0.6) is 0 Å². The highest BCUT2D eigenvalue weighted by atomic mass is 32.2. The van der Waals surface area contributed by atoms with Gasteiger partial charge < -0.3 is 0 Å². The summed E-state index contributed by atoms with van der Waals surface area (Å²) in [6.45, 7) is 6.18. The molecule has 0 fully saturated rings. The SMILES string of the molecule is CCc1ccc(-c2csc3ncnc(SC(CC)C(=O)Nc4nnc(CC)s4)c23)cc1. The molecule has 0 spiro atoms. The number of thioether (sulfide) groups is 1. The monoisotopic (exact) mass is 469 g/mol. The van der Waals surface area contributed by atoms with Gasteiger partial charge >= 0.3 is 0 Å². The van der Waals surface area contributed by atoms with Crippen LogP contribution >= 0.6 is 34.4 Å². The minimum Gasteiger partial charge on any atom is -0.300 e. The van der Waals surface area contributed by atoms with Gasteiger partial charge in [0.05, 0.1) is 10.6 Å². The van der Waals surface area contributed by atoms with E-state index in [2.05, 4.69) is 62.1 Å². The van der Waals surface area contributed by atoms with Crippen LogP contribution in [0.4, 0.5) is 5.13 Å². The summed E-state index contributed by atoms with van der Waals surface area (Å²) in [6, 6.07) is 8.61. The largest absolute Gasteiger partial charge is 0.300 e. The molecule has 0 aliphatic rings. The summed E-state index contributed by atoms with van der Waals surface area (Å²) in [5, 5.41) is 16.2. The number of carbonyl (C=O) groups excluding carboxylic acids is 1. The molecule has 0 radical (unpaired) electrons. The zero-order chi connectivity index (χ0) is 21.8. The summed E-state index contributed by atoms with van der Waals surface area (Å²) >= 11 is 4.50. The van der Waals surface area contributed by atoms with Gasteiger partial charge in [-0.1, -0.05) is 68.1 Å². The lowest BCUT2D eigenvalue weighted by atomic mass is 10.0. The smallest absolute Gasteiger partial charge is 0.239 e. The van der Waals surface area contributed by atoms with Crippen LogP contribution in [0, 0.1) is 0 Å². The second-order valence-electron chi connectivity index (χ2n) is 6.92. The highest BCUT2D eigenvalue weighted by molar-refractivity contribution is 8.00. The molecule has 1 N–H and O–H groups in total. The summed E-state index contributed by atoms with van der Waals surface area (Å²) < 4.78 is 0. The van der Waals surface area contributed by atoms with Crippen molar-refractivity contribution in [3.63, 3.8) is 0 Å². The lowest BCUT2D eigenvalue weighted by Gasteiger charge is -2.14. The van der Waals surface area contributed by atoms with Gasteiger partial charge in [0.15, 0.2) is 0 Å². The number of anilines is 1. The number of nitrogens with one attached hydrogen (secondary N) is 1. The number of rotatable bonds is 8. The van der Waals surface area contributed by atoms with Gasteiger partial charge in [-0.15, -0.1) is 21.5 Å². The Morgan fingerprint density at radius 1 is 1.10 bits per heavy atom. The molecule has 160 valence electrons. The Hall–Kier alpha value is -2.36. The molecular formula is C22H23N5OS3. The van der Waals surface area contributed by atoms with Crippen LogP contribution < -0.4 is 5.32 Å². The van der Waals surface area contributed by atoms with Crippen LogP contribution in [0.1, 0.15) is 37.8 Å². The van der Waals surface area contributed by atoms with E-state index in [9.17, 15) is 4.79 Å². The number of aromatic nitrogens is 4. The Kier molecular flexibility index (Phi) is 6.94. The van der Waals surface area contributed by atoms with E-state index in [1.807, 2.05) is 13.8 Å². The van der Waals surface area contributed by atoms with Crippen molar-refractivity contribution in [1.82, 2.24) is 20.2 Å². The summed E-state index contributed by atoms with van der Waals surface area (Å²) in [7, 11) is 0. The fraction of sp³-hybridized carbons (Fsp3) is 0.318. The second kappa shape index (κ2) is 9.84. The Labute approximate surface area is 193 Å². The lowest BCUT2D eigenvalue weighted by Crippen LogP contribution is -2.24. The highest BCUT2D eigenvalue weighted by Gasteiger charge is 2.23. The average molecular weight is 470 g/mol. The number of carbonyl (C=O) groups is 1. The Bertz CT molecular complexity index is 1190. The molecule has 1 amide bonds. The minimum absolute atomic E-state index is 0.0813. The van der Waals surface area contributed by atoms with Crippen molar-refractivity contribution in [1.29, 1.82) is 0 Å². The third-order valence-electron chi connectivity index (χ3n) is 4.93. The third kappa shape index (κ3) is 4.78. The zero-order valence-corrected chi connectivity index (χ0v) is 20.0. The number of benzene rings is 1. The first-order valence-electron chi connectivity index (χ1n) is 10.2. The molecule has 3 aromatic heterocycles. The number of hydrogen-bond acceptors (Lipinski definition) is 8. The van der Waals surface area contributed by atoms with E-state index in [1.165, 1.54) is 28.7 Å². The predicted octanol–water partition coefficient (Wildman–Crippen LogP) is 5.84. The van der Waals surface area contributed by atoms with Crippen LogP contribution in [-0.4, -0.2) is 31.3 Å². The van der Waals surface area contributed by atoms with Gasteiger partial charge in [-0.25, -0.2) is 9.97 Å². The molecule has 31 heavy (non-hydrogen) atoms. The van der Waals surface area contributed by atoms with Gasteiger partial charge in [0, 0.05) is 10.9 Å². The molecule has 3 heterocycles. The van der Waals surface area contributed by atoms with Gasteiger partial charge in [-0.05, 0) is 30.4 Å². The first-order valence-corrected chi connectivity index (χ1v) is 12.8. The number of hydrogen-bond donors (Lipinski definition) is 1. The van der Waals surface area contributed by atoms with Gasteiger partial charge in [0.25, 0.3) is 0 Å². The van der Waals surface area contributed by atoms with Crippen molar-refractivity contribution in [2.45, 2.75) is 50.3 Å². The van der Waals surface area contributed by atoms with Crippen LogP contribution in [0.25, 0.3) is 21.3 Å². The normalized spacial score (nSPS) is 12.2. The Balaban J connectivity index is 1.61. The van der Waals surface area contributed by atoms with Crippen LogP contribution in [0.3, 0.4) is 0 Å². The zero-order valence-electron chi connectivity index (χ0n) is 17.6. The Morgan fingerprint density at radius 3 is 2.58 bits per heavy atom. The molecule has 0 bridgehead atoms. The molecule has 9 heteroatoms. The van der Waals surface area contributed by atoms with E-state index >= 15 is 0 Å². The first kappa shape index (κ1) is 21.9. The molecule has 0 saturated carbocycles. The van der Waals surface area contributed by atoms with E-state index < -0.39 is 0 Å². The van der Waals surface area contributed by atoms with Gasteiger partial charge in [-0.3, -0.25) is 10.1 Å². The Morgan fingerprint density at radius 2 is 1.90 bits per heavy atom. The molecule has 4 aromatic rings. The average Bonchev–Trinajstić information content (AvgIpc) is 3.44. The number of nitrogens with zero attached hydrogens (tertiary/aromatic N) is 4. The molecule has 0 aliphatic heterocycles. The van der Waals surface area contributed by atoms with E-state index in [1.54, 1.807) is 17.7 Å². The number of fused-ring (bicyclic) bond motifs is 1. The number of thiophene rings is 1. The van der Waals surface area contributed by atoms with E-state index in [-0.39, 0.29) is 11.2 Å². The summed E-state index contributed by atoms with van der Waals surface area (Å²) in [5.41, 5.74) is 3.55. The maximum atomic E-state index is 12.9. The van der Waals surface area contributed by atoms with E-state index in [0.717, 1.165) is 44.2 Å². The van der Waals surface area contributed by atoms with Crippen LogP contribution in [0.2, 0.25) is 0 Å². The van der Waals surface area contributed by atoms with Crippen molar-refractivity contribution in [3.05, 3.63) is 46.5 Å². The number of aryl methyl sites for hydroxylation is 2. The fourth-order valence-corrected chi connectivity index (χ4v) is 5.86. The topological polar surface area (TPSA) is 80.7 Å². The summed E-state index contributed by atoms with van der Waals surface area (Å²) in [6.07, 6.45) is 4.06. The highest BCUT2D eigenvalue weighted by Crippen LogP contribution is 2.39. The maximum Gasteiger partial charge on any atom is 0.239 e. The second-order valence-corrected chi connectivity index (χ2v) is 10.0. The van der Waals surface area contributed by atoms with Gasteiger partial charge in [0.2, 0.25) is 11.0 Å². The van der Waals surface area contributed by atoms with Crippen LogP contribution in [-0.2, 0) is 17.6 Å². The van der Waals surface area contributed by atoms with Crippen molar-refractivity contribution in [2.75, 3.05) is 5.32 Å². The molecule has 6 nitrogen and oxygen atoms in total. The van der Waals surface area contributed by atoms with Crippen molar-refractivity contribution in [3.8, 4) is 11.1 Å². The van der Waals surface area contributed by atoms with Crippen molar-refractivity contribution >= 4 is 55.7 Å². The fourth-order valence-electron chi connectivity index (χ4n) is 3.16. The molecular weight excluding hydrogens is 446 g/mol. The molecule has 0 aliphatic carbocycles. The van der Waals surface area contributed by atoms with E-state index in [0.29, 0.717) is 11.6 Å². The molecule has 1 aromatic carbocycles. The van der Waals surface area contributed by atoms with Crippen molar-refractivity contribution in [2.24, 2.45) is 0 Å². The van der Waals surface area contributed by atoms with Crippen LogP contribution in [0.15, 0.2) is 41.0 Å². The molecule has 0 saturated heterocycles. The minimum atomic E-state index is -0.290. The lowest BCUT2D eigenvalue weighted by molar-refractivity contribution is -0.115. The first-order chi connectivity index (χ1) is 15.1. The predicted molar refractivity (Wildman–Crippen MR) is 130 cm³/mol. The van der Waals surface area contributed by atoms with Crippen molar-refractivity contribution < 1.29 is 4.79 Å². The molecule has 1 atom stereocenters. The number of amides is 1. The van der Waals surface area contributed by atoms with Gasteiger partial charge in [0.1, 0.15) is 21.2 Å². The van der Waals surface area contributed by atoms with Gasteiger partial charge in [-0.2, -0.15) is 0 Å². The standard InChI is InChI=1S/C22H23N5OS3/c1-4-13-7-9-14(10-8-13)15-11-29-20-18(15)21(24-12-23-20)30-16(5-2)19(28)25-22-27-26-17(6-3)31-22/h7-12,16H,4-6H2,1-3H3,(H,25,27,28). The summed E-state index contributed by atoms with van der Waals surface area (Å²) in [5.74, 6) is -0.0813. The molecule has 1 unspecified atom stereocenters. The third-order valence-corrected chi connectivity index (χ3v) is 8.16.